The van der Waals surface area contributed by atoms with E-state index in [0.29, 0.717) is 5.56 Å². The molecule has 3 fully saturated rings. The molecule has 2 atom stereocenters. The summed E-state index contributed by atoms with van der Waals surface area (Å²) < 4.78 is 32.6. The van der Waals surface area contributed by atoms with Crippen molar-refractivity contribution >= 4 is 16.6 Å². The van der Waals surface area contributed by atoms with E-state index in [9.17, 15) is 4.79 Å². The normalized spacial score (nSPS) is 26.1. The van der Waals surface area contributed by atoms with Crippen LogP contribution in [-0.4, -0.2) is 41.7 Å². The highest BCUT2D eigenvalue weighted by atomic mass is 19.1. The second kappa shape index (κ2) is 5.52. The fraction of sp³-hybridized carbons (Fsp3) is 0.550. The molecule has 2 bridgehead atoms. The van der Waals surface area contributed by atoms with Crippen LogP contribution < -0.4 is 10.3 Å². The molecule has 138 valence electrons. The maximum atomic E-state index is 15.7. The molecule has 2 saturated heterocycles. The van der Waals surface area contributed by atoms with Gasteiger partial charge in [-0.3, -0.25) is 4.79 Å². The van der Waals surface area contributed by atoms with Crippen molar-refractivity contribution in [2.24, 2.45) is 0 Å². The number of rotatable bonds is 2. The Kier molecular flexibility index (Phi) is 3.45. The average Bonchev–Trinajstić information content (AvgIpc) is 3.39. The highest BCUT2D eigenvalue weighted by molar-refractivity contribution is 5.85. The molecular weight excluding hydrogens is 336 g/mol. The number of hydrogen-bond donors (Lipinski definition) is 0. The maximum absolute atomic E-state index is 15.7. The van der Waals surface area contributed by atoms with Gasteiger partial charge in [0.2, 0.25) is 0 Å². The third-order valence-corrected chi connectivity index (χ3v) is 6.23. The smallest absolute Gasteiger partial charge is 0.192 e. The van der Waals surface area contributed by atoms with Gasteiger partial charge in [0.15, 0.2) is 11.2 Å². The van der Waals surface area contributed by atoms with E-state index in [0.717, 1.165) is 38.8 Å². The number of aromatic nitrogens is 1. The summed E-state index contributed by atoms with van der Waals surface area (Å²) >= 11 is 0. The second-order valence-corrected chi connectivity index (χ2v) is 8.21. The Morgan fingerprint density at radius 1 is 1.04 bits per heavy atom. The number of benzene rings is 1. The molecule has 1 aliphatic carbocycles. The highest BCUT2D eigenvalue weighted by Gasteiger charge is 2.42. The van der Waals surface area contributed by atoms with E-state index in [1.54, 1.807) is 13.1 Å². The zero-order valence-electron chi connectivity index (χ0n) is 15.1. The average molecular weight is 359 g/mol. The van der Waals surface area contributed by atoms with Crippen molar-refractivity contribution in [3.63, 3.8) is 0 Å². The van der Waals surface area contributed by atoms with Gasteiger partial charge in [-0.1, -0.05) is 0 Å². The van der Waals surface area contributed by atoms with Gasteiger partial charge in [0.1, 0.15) is 11.5 Å². The van der Waals surface area contributed by atoms with Crippen molar-refractivity contribution in [1.29, 1.82) is 0 Å². The minimum Gasteiger partial charge on any atom is -0.358 e. The predicted molar refractivity (Wildman–Crippen MR) is 97.9 cm³/mol. The van der Waals surface area contributed by atoms with Gasteiger partial charge >= 0.3 is 0 Å². The Balaban J connectivity index is 1.76. The van der Waals surface area contributed by atoms with Crippen LogP contribution in [0.2, 0.25) is 0 Å². The lowest BCUT2D eigenvalue weighted by Gasteiger charge is -2.41. The Hall–Kier alpha value is -1.95. The number of anilines is 1. The molecule has 2 aliphatic heterocycles. The Labute approximate surface area is 151 Å². The SMILES string of the molecule is Cc1cn(C2CC2)c2c(F)c(N3C4CCC3CN(C)C4)c(F)cc2c1=O. The molecule has 3 aliphatic rings. The largest absolute Gasteiger partial charge is 0.358 e. The second-order valence-electron chi connectivity index (χ2n) is 8.21. The minimum absolute atomic E-state index is 0.0655. The first-order valence-electron chi connectivity index (χ1n) is 9.46. The summed E-state index contributed by atoms with van der Waals surface area (Å²) in [6, 6.07) is 1.74. The molecule has 2 unspecified atom stereocenters. The van der Waals surface area contributed by atoms with E-state index in [1.807, 2.05) is 9.47 Å². The molecule has 4 nitrogen and oxygen atoms in total. The van der Waals surface area contributed by atoms with Crippen LogP contribution in [0.5, 0.6) is 0 Å². The van der Waals surface area contributed by atoms with Gasteiger partial charge in [-0.2, -0.15) is 0 Å². The van der Waals surface area contributed by atoms with Gasteiger partial charge in [-0.25, -0.2) is 8.78 Å². The van der Waals surface area contributed by atoms with Crippen molar-refractivity contribution in [3.05, 3.63) is 39.7 Å². The number of nitrogens with zero attached hydrogens (tertiary/aromatic N) is 3. The molecule has 1 aromatic heterocycles. The molecule has 1 saturated carbocycles. The minimum atomic E-state index is -0.610. The van der Waals surface area contributed by atoms with Gasteiger partial charge in [-0.05, 0) is 45.7 Å². The lowest BCUT2D eigenvalue weighted by atomic mass is 10.1. The van der Waals surface area contributed by atoms with Gasteiger partial charge in [0, 0.05) is 43.0 Å². The van der Waals surface area contributed by atoms with Crippen LogP contribution in [0.25, 0.3) is 10.9 Å². The number of hydrogen-bond acceptors (Lipinski definition) is 3. The van der Waals surface area contributed by atoms with Crippen LogP contribution in [-0.2, 0) is 0 Å². The molecule has 5 rings (SSSR count). The number of likely N-dealkylation sites (tertiary alicyclic amines) is 1. The Morgan fingerprint density at radius 2 is 1.65 bits per heavy atom. The van der Waals surface area contributed by atoms with Crippen LogP contribution >= 0.6 is 0 Å². The standard InChI is InChI=1S/C20H23F2N3O/c1-11-8-24(12-3-4-12)18-15(20(11)26)7-16(21)19(17(18)22)25-13-5-6-14(25)10-23(2)9-13/h7-8,12-14H,3-6,9-10H2,1-2H3. The van der Waals surface area contributed by atoms with E-state index in [1.165, 1.54) is 6.07 Å². The van der Waals surface area contributed by atoms with E-state index in [2.05, 4.69) is 11.9 Å². The van der Waals surface area contributed by atoms with Crippen LogP contribution in [0.4, 0.5) is 14.5 Å². The molecule has 0 N–H and O–H groups in total. The number of piperazine rings is 1. The van der Waals surface area contributed by atoms with Gasteiger partial charge in [-0.15, -0.1) is 0 Å². The van der Waals surface area contributed by atoms with Gasteiger partial charge in [0.25, 0.3) is 0 Å². The van der Waals surface area contributed by atoms with Gasteiger partial charge in [0.05, 0.1) is 10.9 Å². The van der Waals surface area contributed by atoms with Crippen molar-refractivity contribution in [2.45, 2.75) is 50.7 Å². The Bertz CT molecular complexity index is 952. The summed E-state index contributed by atoms with van der Waals surface area (Å²) in [5.74, 6) is -1.17. The topological polar surface area (TPSA) is 28.5 Å². The Morgan fingerprint density at radius 3 is 2.27 bits per heavy atom. The molecule has 0 spiro atoms. The van der Waals surface area contributed by atoms with Crippen molar-refractivity contribution < 1.29 is 8.78 Å². The molecule has 1 aromatic carbocycles. The summed E-state index contributed by atoms with van der Waals surface area (Å²) in [4.78, 5) is 16.7. The monoisotopic (exact) mass is 359 g/mol. The van der Waals surface area contributed by atoms with Crippen molar-refractivity contribution in [3.8, 4) is 0 Å². The fourth-order valence-corrected chi connectivity index (χ4v) is 4.92. The van der Waals surface area contributed by atoms with Crippen LogP contribution in [0.3, 0.4) is 0 Å². The first kappa shape index (κ1) is 16.2. The molecule has 0 amide bonds. The summed E-state index contributed by atoms with van der Waals surface area (Å²) in [5.41, 5.74) is 0.604. The number of halogens is 2. The summed E-state index contributed by atoms with van der Waals surface area (Å²) in [7, 11) is 2.06. The van der Waals surface area contributed by atoms with E-state index in [4.69, 9.17) is 0 Å². The number of fused-ring (bicyclic) bond motifs is 3. The maximum Gasteiger partial charge on any atom is 0.192 e. The first-order chi connectivity index (χ1) is 12.5. The van der Waals surface area contributed by atoms with E-state index >= 15 is 8.78 Å². The van der Waals surface area contributed by atoms with E-state index in [-0.39, 0.29) is 40.1 Å². The molecule has 0 radical (unpaired) electrons. The number of pyridine rings is 1. The van der Waals surface area contributed by atoms with Crippen LogP contribution in [0.15, 0.2) is 17.1 Å². The molecule has 6 heteroatoms. The molecule has 3 heterocycles. The molecule has 2 aromatic rings. The lowest BCUT2D eigenvalue weighted by molar-refractivity contribution is 0.262. The summed E-state index contributed by atoms with van der Waals surface area (Å²) in [5, 5.41) is 0.164. The summed E-state index contributed by atoms with van der Waals surface area (Å²) in [6.07, 6.45) is 5.60. The van der Waals surface area contributed by atoms with Crippen molar-refractivity contribution in [2.75, 3.05) is 25.0 Å². The predicted octanol–water partition coefficient (Wildman–Crippen LogP) is 3.21. The highest BCUT2D eigenvalue weighted by Crippen LogP contribution is 2.42. The lowest BCUT2D eigenvalue weighted by Crippen LogP contribution is -2.53. The third kappa shape index (κ3) is 2.24. The zero-order chi connectivity index (χ0) is 18.2. The van der Waals surface area contributed by atoms with Crippen LogP contribution in [0, 0.1) is 18.6 Å². The van der Waals surface area contributed by atoms with Crippen molar-refractivity contribution in [1.82, 2.24) is 9.47 Å². The van der Waals surface area contributed by atoms with E-state index < -0.39 is 11.6 Å². The summed E-state index contributed by atoms with van der Waals surface area (Å²) in [6.45, 7) is 3.35. The number of aryl methyl sites for hydroxylation is 1. The number of likely N-dealkylation sites (N-methyl/N-ethyl adjacent to an activating group) is 1. The molecule has 26 heavy (non-hydrogen) atoms. The quantitative estimate of drug-likeness (QED) is 0.824. The third-order valence-electron chi connectivity index (χ3n) is 6.23. The zero-order valence-corrected chi connectivity index (χ0v) is 15.1. The van der Waals surface area contributed by atoms with Gasteiger partial charge < -0.3 is 14.4 Å². The molecular formula is C20H23F2N3O. The fourth-order valence-electron chi connectivity index (χ4n) is 4.92. The van der Waals surface area contributed by atoms with Crippen LogP contribution in [0.1, 0.15) is 37.3 Å². The first-order valence-corrected chi connectivity index (χ1v) is 9.46.